The molecule has 0 radical (unpaired) electrons. The number of hydrogen-bond donors (Lipinski definition) is 0. The van der Waals surface area contributed by atoms with E-state index in [4.69, 9.17) is 20.9 Å². The Morgan fingerprint density at radius 3 is 2.70 bits per heavy atom. The number of halogens is 2. The van der Waals surface area contributed by atoms with Gasteiger partial charge in [0.1, 0.15) is 0 Å². The van der Waals surface area contributed by atoms with Gasteiger partial charge in [-0.15, -0.1) is 11.6 Å². The molecule has 0 unspecified atom stereocenters. The Morgan fingerprint density at radius 2 is 2.05 bits per heavy atom. The van der Waals surface area contributed by atoms with E-state index >= 15 is 0 Å². The van der Waals surface area contributed by atoms with E-state index in [0.29, 0.717) is 11.3 Å². The van der Waals surface area contributed by atoms with Gasteiger partial charge in [-0.25, -0.2) is 0 Å². The lowest BCUT2D eigenvalue weighted by Crippen LogP contribution is -2.65. The molecule has 4 aliphatic rings. The van der Waals surface area contributed by atoms with Crippen LogP contribution in [0.4, 0.5) is 0 Å². The van der Waals surface area contributed by atoms with Gasteiger partial charge in [0.25, 0.3) is 0 Å². The van der Waals surface area contributed by atoms with Gasteiger partial charge in [0.15, 0.2) is 0 Å². The Kier molecular flexibility index (Phi) is 4.25. The van der Waals surface area contributed by atoms with Crippen LogP contribution in [-0.4, -0.2) is 29.4 Å². The summed E-state index contributed by atoms with van der Waals surface area (Å²) in [6.07, 6.45) is 5.95. The fraction of sp³-hybridized carbons (Fsp3) is 1.00. The highest BCUT2D eigenvalue weighted by Gasteiger charge is 2.68. The standard InChI is InChI=1S/C15H25BBrClO2/c1-14(2)10-8-11(14)15(3)12(9-10)19-16(20-15)13(18)6-4-5-7-17/h10-13H,4-9H2,1-3H3/t10-,11-,12+,13+,15-/m0/s1. The van der Waals surface area contributed by atoms with Gasteiger partial charge < -0.3 is 9.31 Å². The minimum Gasteiger partial charge on any atom is -0.404 e. The van der Waals surface area contributed by atoms with Crippen molar-refractivity contribution >= 4 is 34.6 Å². The maximum Gasteiger partial charge on any atom is 0.476 e. The number of hydrogen-bond acceptors (Lipinski definition) is 2. The zero-order valence-corrected chi connectivity index (χ0v) is 15.0. The Labute approximate surface area is 136 Å². The quantitative estimate of drug-likeness (QED) is 0.409. The lowest BCUT2D eigenvalue weighted by Gasteiger charge is -2.64. The Bertz CT molecular complexity index is 381. The van der Waals surface area contributed by atoms with E-state index in [2.05, 4.69) is 36.7 Å². The average molecular weight is 364 g/mol. The molecule has 0 aromatic heterocycles. The molecular formula is C15H25BBrClO2. The summed E-state index contributed by atoms with van der Waals surface area (Å²) in [6.45, 7) is 7.03. The highest BCUT2D eigenvalue weighted by Crippen LogP contribution is 2.65. The number of unbranched alkanes of at least 4 members (excludes halogenated alkanes) is 1. The van der Waals surface area contributed by atoms with Crippen LogP contribution in [0.1, 0.15) is 52.9 Å². The SMILES string of the molecule is CC1(C)[C@@H]2C[C@H]3OB([C@H](Cl)CCCCBr)O[C@@]3(C)[C@H]1C2. The van der Waals surface area contributed by atoms with Crippen LogP contribution in [0.2, 0.25) is 0 Å². The summed E-state index contributed by atoms with van der Waals surface area (Å²) in [5, 5.41) is 1.03. The molecule has 0 aromatic carbocycles. The van der Waals surface area contributed by atoms with Crippen LogP contribution in [0.25, 0.3) is 0 Å². The molecule has 20 heavy (non-hydrogen) atoms. The van der Waals surface area contributed by atoms with Crippen molar-refractivity contribution in [2.75, 3.05) is 5.33 Å². The van der Waals surface area contributed by atoms with E-state index in [9.17, 15) is 0 Å². The monoisotopic (exact) mass is 362 g/mol. The molecule has 4 rings (SSSR count). The van der Waals surface area contributed by atoms with Crippen LogP contribution < -0.4 is 0 Å². The van der Waals surface area contributed by atoms with Gasteiger partial charge in [-0.3, -0.25) is 0 Å². The van der Waals surface area contributed by atoms with Crippen molar-refractivity contribution in [3.05, 3.63) is 0 Å². The van der Waals surface area contributed by atoms with Crippen LogP contribution in [0.3, 0.4) is 0 Å². The minimum absolute atomic E-state index is 0.0169. The summed E-state index contributed by atoms with van der Waals surface area (Å²) in [6, 6.07) is 0. The molecule has 1 heterocycles. The molecule has 0 N–H and O–H groups in total. The number of alkyl halides is 2. The van der Waals surface area contributed by atoms with Gasteiger partial charge in [0.2, 0.25) is 0 Å². The second-order valence-corrected chi connectivity index (χ2v) is 8.89. The highest BCUT2D eigenvalue weighted by molar-refractivity contribution is 9.09. The average Bonchev–Trinajstić information content (AvgIpc) is 2.75. The molecule has 2 bridgehead atoms. The van der Waals surface area contributed by atoms with Gasteiger partial charge in [-0.1, -0.05) is 36.2 Å². The number of rotatable bonds is 5. The van der Waals surface area contributed by atoms with Crippen LogP contribution in [-0.2, 0) is 9.31 Å². The van der Waals surface area contributed by atoms with Gasteiger partial charge in [-0.05, 0) is 49.9 Å². The fourth-order valence-electron chi connectivity index (χ4n) is 4.62. The topological polar surface area (TPSA) is 18.5 Å². The third-order valence-electron chi connectivity index (χ3n) is 6.13. The van der Waals surface area contributed by atoms with E-state index in [1.54, 1.807) is 0 Å². The van der Waals surface area contributed by atoms with E-state index in [-0.39, 0.29) is 24.1 Å². The maximum absolute atomic E-state index is 6.52. The molecule has 2 nitrogen and oxygen atoms in total. The van der Waals surface area contributed by atoms with Crippen molar-refractivity contribution in [3.63, 3.8) is 0 Å². The van der Waals surface area contributed by atoms with Crippen molar-refractivity contribution < 1.29 is 9.31 Å². The molecule has 1 aliphatic heterocycles. The predicted molar refractivity (Wildman–Crippen MR) is 87.4 cm³/mol. The highest BCUT2D eigenvalue weighted by atomic mass is 79.9. The lowest BCUT2D eigenvalue weighted by atomic mass is 9.43. The predicted octanol–water partition coefficient (Wildman–Crippen LogP) is 4.43. The van der Waals surface area contributed by atoms with E-state index in [1.807, 2.05) is 0 Å². The maximum atomic E-state index is 6.52. The van der Waals surface area contributed by atoms with Crippen LogP contribution >= 0.6 is 27.5 Å². The largest absolute Gasteiger partial charge is 0.476 e. The Hall–Kier alpha value is 0.755. The summed E-state index contributed by atoms with van der Waals surface area (Å²) in [7, 11) is -0.211. The third-order valence-corrected chi connectivity index (χ3v) is 7.11. The first-order chi connectivity index (χ1) is 9.39. The normalized spacial score (nSPS) is 43.0. The van der Waals surface area contributed by atoms with Gasteiger partial charge in [0, 0.05) is 5.33 Å². The first kappa shape index (κ1) is 15.6. The summed E-state index contributed by atoms with van der Waals surface area (Å²) in [4.78, 5) is 0. The molecule has 0 spiro atoms. The van der Waals surface area contributed by atoms with Crippen molar-refractivity contribution in [2.24, 2.45) is 17.3 Å². The molecule has 0 amide bonds. The van der Waals surface area contributed by atoms with Crippen LogP contribution in [0.15, 0.2) is 0 Å². The fourth-order valence-corrected chi connectivity index (χ4v) is 5.28. The van der Waals surface area contributed by atoms with Crippen LogP contribution in [0.5, 0.6) is 0 Å². The molecule has 114 valence electrons. The molecule has 5 atom stereocenters. The van der Waals surface area contributed by atoms with Gasteiger partial charge in [0.05, 0.1) is 17.0 Å². The van der Waals surface area contributed by atoms with Crippen molar-refractivity contribution in [2.45, 2.75) is 69.9 Å². The summed E-state index contributed by atoms with van der Waals surface area (Å²) in [5.41, 5.74) is 0.284. The Balaban J connectivity index is 1.64. The van der Waals surface area contributed by atoms with E-state index < -0.39 is 0 Å². The second-order valence-electron chi connectivity index (χ2n) is 7.54. The first-order valence-corrected chi connectivity index (χ1v) is 9.48. The zero-order chi connectivity index (χ0) is 14.5. The van der Waals surface area contributed by atoms with Crippen molar-refractivity contribution in [3.8, 4) is 0 Å². The lowest BCUT2D eigenvalue weighted by molar-refractivity contribution is -0.199. The summed E-state index contributed by atoms with van der Waals surface area (Å²) >= 11 is 9.98. The van der Waals surface area contributed by atoms with Crippen molar-refractivity contribution in [1.82, 2.24) is 0 Å². The molecule has 3 aliphatic carbocycles. The summed E-state index contributed by atoms with van der Waals surface area (Å²) in [5.74, 6) is 1.42. The first-order valence-electron chi connectivity index (χ1n) is 7.93. The molecular weight excluding hydrogens is 338 g/mol. The second kappa shape index (κ2) is 5.44. The van der Waals surface area contributed by atoms with Crippen molar-refractivity contribution in [1.29, 1.82) is 0 Å². The summed E-state index contributed by atoms with van der Waals surface area (Å²) < 4.78 is 12.6. The molecule has 5 heteroatoms. The molecule has 4 fully saturated rings. The van der Waals surface area contributed by atoms with Gasteiger partial charge in [-0.2, -0.15) is 0 Å². The Morgan fingerprint density at radius 1 is 1.30 bits per heavy atom. The minimum atomic E-state index is -0.211. The molecule has 1 saturated heterocycles. The van der Waals surface area contributed by atoms with E-state index in [1.165, 1.54) is 6.42 Å². The van der Waals surface area contributed by atoms with Crippen LogP contribution in [0, 0.1) is 17.3 Å². The van der Waals surface area contributed by atoms with E-state index in [0.717, 1.165) is 36.9 Å². The smallest absolute Gasteiger partial charge is 0.404 e. The molecule has 0 aromatic rings. The zero-order valence-electron chi connectivity index (χ0n) is 12.7. The molecule has 3 saturated carbocycles. The van der Waals surface area contributed by atoms with Gasteiger partial charge >= 0.3 is 7.12 Å². The third kappa shape index (κ3) is 2.30.